The summed E-state index contributed by atoms with van der Waals surface area (Å²) >= 11 is 0. The molecule has 0 amide bonds. The number of nitrogens with zero attached hydrogens (tertiary/aromatic N) is 1. The number of rotatable bonds is 0. The molecule has 1 saturated heterocycles. The first-order valence-corrected chi connectivity index (χ1v) is 4.68. The zero-order chi connectivity index (χ0) is 8.48. The van der Waals surface area contributed by atoms with E-state index in [-0.39, 0.29) is 0 Å². The Bertz CT molecular complexity index is 115. The van der Waals surface area contributed by atoms with Crippen molar-refractivity contribution >= 4 is 0 Å². The van der Waals surface area contributed by atoms with Crippen LogP contribution in [0, 0.1) is 11.3 Å². The van der Waals surface area contributed by atoms with E-state index >= 15 is 0 Å². The minimum atomic E-state index is 0.532. The predicted molar refractivity (Wildman–Crippen MR) is 49.7 cm³/mol. The third-order valence-corrected chi connectivity index (χ3v) is 2.60. The van der Waals surface area contributed by atoms with Gasteiger partial charge in [-0.15, -0.1) is 0 Å². The molecule has 0 aromatic rings. The van der Waals surface area contributed by atoms with E-state index in [4.69, 9.17) is 0 Å². The van der Waals surface area contributed by atoms with Crippen LogP contribution in [-0.2, 0) is 0 Å². The molecule has 1 atom stereocenters. The first-order valence-electron chi connectivity index (χ1n) is 4.68. The maximum atomic E-state index is 2.46. The van der Waals surface area contributed by atoms with Gasteiger partial charge in [0, 0.05) is 6.54 Å². The van der Waals surface area contributed by atoms with Crippen LogP contribution in [0.15, 0.2) is 0 Å². The minimum Gasteiger partial charge on any atom is -0.306 e. The smallest absolute Gasteiger partial charge is 0.00297 e. The van der Waals surface area contributed by atoms with Gasteiger partial charge in [-0.25, -0.2) is 0 Å². The normalized spacial score (nSPS) is 33.3. The van der Waals surface area contributed by atoms with Crippen LogP contribution in [0.25, 0.3) is 0 Å². The Kier molecular flexibility index (Phi) is 2.58. The van der Waals surface area contributed by atoms with E-state index in [1.54, 1.807) is 0 Å². The molecular formula is C10H21N. The molecule has 0 radical (unpaired) electrons. The minimum absolute atomic E-state index is 0.532. The Labute approximate surface area is 70.8 Å². The highest BCUT2D eigenvalue weighted by Gasteiger charge is 2.25. The van der Waals surface area contributed by atoms with Crippen molar-refractivity contribution in [2.24, 2.45) is 11.3 Å². The van der Waals surface area contributed by atoms with Gasteiger partial charge >= 0.3 is 0 Å². The molecule has 0 aliphatic carbocycles. The van der Waals surface area contributed by atoms with Crippen LogP contribution in [0.3, 0.4) is 0 Å². The first kappa shape index (κ1) is 9.05. The van der Waals surface area contributed by atoms with Crippen LogP contribution in [0.5, 0.6) is 0 Å². The monoisotopic (exact) mass is 155 g/mol. The molecule has 1 unspecified atom stereocenters. The Balaban J connectivity index is 2.55. The second kappa shape index (κ2) is 3.14. The summed E-state index contributed by atoms with van der Waals surface area (Å²) in [6.07, 6.45) is 2.76. The van der Waals surface area contributed by atoms with E-state index in [1.807, 2.05) is 0 Å². The maximum absolute atomic E-state index is 2.46. The Morgan fingerprint density at radius 3 is 2.64 bits per heavy atom. The summed E-state index contributed by atoms with van der Waals surface area (Å²) in [6.45, 7) is 9.68. The largest absolute Gasteiger partial charge is 0.306 e. The zero-order valence-corrected chi connectivity index (χ0v) is 8.35. The summed E-state index contributed by atoms with van der Waals surface area (Å²) in [5.74, 6) is 0.912. The van der Waals surface area contributed by atoms with Gasteiger partial charge in [-0.2, -0.15) is 0 Å². The van der Waals surface area contributed by atoms with Crippen molar-refractivity contribution in [1.82, 2.24) is 4.90 Å². The highest BCUT2D eigenvalue weighted by molar-refractivity contribution is 4.78. The highest BCUT2D eigenvalue weighted by atomic mass is 15.1. The van der Waals surface area contributed by atoms with E-state index in [1.165, 1.54) is 25.9 Å². The molecule has 1 aliphatic rings. The topological polar surface area (TPSA) is 3.24 Å². The van der Waals surface area contributed by atoms with E-state index in [0.717, 1.165) is 5.92 Å². The van der Waals surface area contributed by atoms with Crippen molar-refractivity contribution in [2.45, 2.75) is 33.6 Å². The number of likely N-dealkylation sites (tertiary alicyclic amines) is 1. The molecule has 1 heterocycles. The fraction of sp³-hybridized carbons (Fsp3) is 1.00. The van der Waals surface area contributed by atoms with Gasteiger partial charge in [0.1, 0.15) is 0 Å². The molecular weight excluding hydrogens is 134 g/mol. The second-order valence-corrected chi connectivity index (χ2v) is 5.00. The summed E-state index contributed by atoms with van der Waals surface area (Å²) in [5.41, 5.74) is 0.532. The van der Waals surface area contributed by atoms with E-state index in [0.29, 0.717) is 5.41 Å². The van der Waals surface area contributed by atoms with Crippen LogP contribution in [-0.4, -0.2) is 25.0 Å². The summed E-state index contributed by atoms with van der Waals surface area (Å²) in [7, 11) is 2.24. The van der Waals surface area contributed by atoms with E-state index < -0.39 is 0 Å². The lowest BCUT2D eigenvalue weighted by Gasteiger charge is -2.27. The summed E-state index contributed by atoms with van der Waals surface area (Å²) in [4.78, 5) is 2.46. The fourth-order valence-corrected chi connectivity index (χ4v) is 2.36. The van der Waals surface area contributed by atoms with Crippen LogP contribution < -0.4 is 0 Å². The maximum Gasteiger partial charge on any atom is 0.00297 e. The van der Waals surface area contributed by atoms with E-state index in [2.05, 4.69) is 32.7 Å². The van der Waals surface area contributed by atoms with Gasteiger partial charge in [-0.1, -0.05) is 20.8 Å². The summed E-state index contributed by atoms with van der Waals surface area (Å²) in [5, 5.41) is 0. The Hall–Kier alpha value is -0.0400. The molecule has 0 saturated carbocycles. The molecule has 0 bridgehead atoms. The van der Waals surface area contributed by atoms with Gasteiger partial charge in [-0.05, 0) is 37.8 Å². The lowest BCUT2D eigenvalue weighted by Crippen LogP contribution is -2.29. The van der Waals surface area contributed by atoms with E-state index in [9.17, 15) is 0 Å². The molecule has 1 nitrogen and oxygen atoms in total. The summed E-state index contributed by atoms with van der Waals surface area (Å²) < 4.78 is 0. The van der Waals surface area contributed by atoms with Crippen molar-refractivity contribution in [3.8, 4) is 0 Å². The second-order valence-electron chi connectivity index (χ2n) is 5.00. The molecule has 1 heteroatoms. The number of hydrogen-bond acceptors (Lipinski definition) is 1. The third-order valence-electron chi connectivity index (χ3n) is 2.60. The van der Waals surface area contributed by atoms with Gasteiger partial charge in [0.05, 0.1) is 0 Å². The average Bonchev–Trinajstić information content (AvgIpc) is 1.89. The third kappa shape index (κ3) is 2.82. The predicted octanol–water partition coefficient (Wildman–Crippen LogP) is 2.37. The van der Waals surface area contributed by atoms with Gasteiger partial charge in [0.15, 0.2) is 0 Å². The quantitative estimate of drug-likeness (QED) is 0.519. The molecule has 11 heavy (non-hydrogen) atoms. The molecule has 1 fully saturated rings. The first-order chi connectivity index (χ1) is 4.99. The molecule has 0 aromatic heterocycles. The average molecular weight is 155 g/mol. The number of hydrogen-bond donors (Lipinski definition) is 0. The van der Waals surface area contributed by atoms with Crippen molar-refractivity contribution in [1.29, 1.82) is 0 Å². The highest BCUT2D eigenvalue weighted by Crippen LogP contribution is 2.30. The molecule has 1 rings (SSSR count). The van der Waals surface area contributed by atoms with Gasteiger partial charge < -0.3 is 4.90 Å². The zero-order valence-electron chi connectivity index (χ0n) is 8.35. The lowest BCUT2D eigenvalue weighted by atomic mass is 9.83. The molecule has 0 spiro atoms. The van der Waals surface area contributed by atoms with Gasteiger partial charge in [-0.3, -0.25) is 0 Å². The van der Waals surface area contributed by atoms with Gasteiger partial charge in [0.25, 0.3) is 0 Å². The molecule has 0 N–H and O–H groups in total. The van der Waals surface area contributed by atoms with Crippen molar-refractivity contribution in [3.63, 3.8) is 0 Å². The fourth-order valence-electron chi connectivity index (χ4n) is 2.36. The Morgan fingerprint density at radius 1 is 1.36 bits per heavy atom. The van der Waals surface area contributed by atoms with Crippen molar-refractivity contribution in [2.75, 3.05) is 20.1 Å². The van der Waals surface area contributed by atoms with Crippen LogP contribution in [0.2, 0.25) is 0 Å². The van der Waals surface area contributed by atoms with Gasteiger partial charge in [0.2, 0.25) is 0 Å². The van der Waals surface area contributed by atoms with Crippen LogP contribution in [0.1, 0.15) is 33.6 Å². The summed E-state index contributed by atoms with van der Waals surface area (Å²) in [6, 6.07) is 0. The van der Waals surface area contributed by atoms with Crippen molar-refractivity contribution in [3.05, 3.63) is 0 Å². The van der Waals surface area contributed by atoms with Crippen LogP contribution in [0.4, 0.5) is 0 Å². The molecule has 1 aliphatic heterocycles. The van der Waals surface area contributed by atoms with Crippen molar-refractivity contribution < 1.29 is 0 Å². The lowest BCUT2D eigenvalue weighted by molar-refractivity contribution is 0.222. The molecule has 66 valence electrons. The SMILES string of the molecule is CC1CCN(C)CC(C)(C)C1. The molecule has 0 aromatic carbocycles. The standard InChI is InChI=1S/C10H21N/c1-9-5-6-11(4)8-10(2,3)7-9/h9H,5-8H2,1-4H3. The van der Waals surface area contributed by atoms with Crippen LogP contribution >= 0.6 is 0 Å². The Morgan fingerprint density at radius 2 is 2.00 bits per heavy atom.